The molecule has 2 aromatic carbocycles. The quantitative estimate of drug-likeness (QED) is 0.499. The summed E-state index contributed by atoms with van der Waals surface area (Å²) in [6.07, 6.45) is 0. The van der Waals surface area contributed by atoms with Crippen LogP contribution >= 0.6 is 22.6 Å². The Morgan fingerprint density at radius 1 is 1.00 bits per heavy atom. The first-order valence-corrected chi connectivity index (χ1v) is 8.65. The third-order valence-corrected chi connectivity index (χ3v) is 4.25. The van der Waals surface area contributed by atoms with Crippen LogP contribution < -0.4 is 15.4 Å². The lowest BCUT2D eigenvalue weighted by Gasteiger charge is -2.09. The van der Waals surface area contributed by atoms with Gasteiger partial charge in [-0.2, -0.15) is 0 Å². The van der Waals surface area contributed by atoms with Gasteiger partial charge in [-0.15, -0.1) is 0 Å². The minimum absolute atomic E-state index is 0.181. The minimum Gasteiger partial charge on any atom is -0.496 e. The molecular weight excluding hydrogens is 435 g/mol. The Balaban J connectivity index is 1.99. The van der Waals surface area contributed by atoms with E-state index in [-0.39, 0.29) is 11.8 Å². The first-order chi connectivity index (χ1) is 12.0. The van der Waals surface area contributed by atoms with Gasteiger partial charge in [0.05, 0.1) is 17.3 Å². The summed E-state index contributed by atoms with van der Waals surface area (Å²) in [7, 11) is 3.16. The zero-order valence-corrected chi connectivity index (χ0v) is 16.1. The van der Waals surface area contributed by atoms with E-state index in [1.54, 1.807) is 56.7 Å². The number of carbonyl (C=O) groups excluding carboxylic acids is 2. The highest BCUT2D eigenvalue weighted by Crippen LogP contribution is 2.22. The number of ether oxygens (including phenoxy) is 2. The summed E-state index contributed by atoms with van der Waals surface area (Å²) in [6, 6.07) is 11.9. The van der Waals surface area contributed by atoms with E-state index in [0.29, 0.717) is 30.0 Å². The first kappa shape index (κ1) is 19.2. The summed E-state index contributed by atoms with van der Waals surface area (Å²) in [4.78, 5) is 24.2. The maximum atomic E-state index is 12.3. The van der Waals surface area contributed by atoms with E-state index in [2.05, 4.69) is 33.2 Å². The number of carbonyl (C=O) groups is 2. The van der Waals surface area contributed by atoms with Crippen LogP contribution in [0.3, 0.4) is 0 Å². The Morgan fingerprint density at radius 2 is 1.68 bits per heavy atom. The van der Waals surface area contributed by atoms with Gasteiger partial charge in [-0.05, 0) is 65.1 Å². The molecule has 0 unspecified atom stereocenters. The molecule has 0 aliphatic rings. The van der Waals surface area contributed by atoms with Crippen LogP contribution in [0.2, 0.25) is 0 Å². The number of benzene rings is 2. The molecule has 0 radical (unpaired) electrons. The van der Waals surface area contributed by atoms with Gasteiger partial charge in [-0.3, -0.25) is 9.59 Å². The molecule has 7 heteroatoms. The van der Waals surface area contributed by atoms with Gasteiger partial charge in [0.15, 0.2) is 0 Å². The van der Waals surface area contributed by atoms with E-state index in [9.17, 15) is 9.59 Å². The van der Waals surface area contributed by atoms with Crippen LogP contribution in [0, 0.1) is 3.57 Å². The van der Waals surface area contributed by atoms with Gasteiger partial charge in [0.2, 0.25) is 0 Å². The van der Waals surface area contributed by atoms with Gasteiger partial charge in [0.1, 0.15) is 5.75 Å². The molecule has 0 saturated heterocycles. The van der Waals surface area contributed by atoms with Crippen molar-refractivity contribution in [2.75, 3.05) is 32.7 Å². The number of methoxy groups -OCH3 is 2. The maximum absolute atomic E-state index is 12.3. The lowest BCUT2D eigenvalue weighted by atomic mass is 10.1. The van der Waals surface area contributed by atoms with Crippen LogP contribution in [0.1, 0.15) is 20.7 Å². The number of amides is 2. The Bertz CT molecular complexity index is 747. The van der Waals surface area contributed by atoms with Crippen molar-refractivity contribution in [1.82, 2.24) is 5.32 Å². The fourth-order valence-corrected chi connectivity index (χ4v) is 2.82. The molecule has 2 N–H and O–H groups in total. The molecule has 0 aliphatic carbocycles. The fraction of sp³-hybridized carbons (Fsp3) is 0.222. The van der Waals surface area contributed by atoms with Crippen molar-refractivity contribution < 1.29 is 19.1 Å². The van der Waals surface area contributed by atoms with Gasteiger partial charge in [-0.1, -0.05) is 0 Å². The molecule has 0 spiro atoms. The lowest BCUT2D eigenvalue weighted by molar-refractivity contribution is 0.0936. The van der Waals surface area contributed by atoms with Gasteiger partial charge < -0.3 is 20.1 Å². The highest BCUT2D eigenvalue weighted by atomic mass is 127. The molecule has 132 valence electrons. The van der Waals surface area contributed by atoms with Crippen LogP contribution in [0.15, 0.2) is 42.5 Å². The number of rotatable bonds is 7. The summed E-state index contributed by atoms with van der Waals surface area (Å²) < 4.78 is 10.9. The Kier molecular flexibility index (Phi) is 7.20. The second-order valence-electron chi connectivity index (χ2n) is 5.13. The summed E-state index contributed by atoms with van der Waals surface area (Å²) in [5, 5.41) is 5.55. The van der Waals surface area contributed by atoms with Gasteiger partial charge in [0.25, 0.3) is 11.8 Å². The Labute approximate surface area is 160 Å². The fourth-order valence-electron chi connectivity index (χ4n) is 2.08. The molecule has 0 atom stereocenters. The number of hydrogen-bond donors (Lipinski definition) is 2. The van der Waals surface area contributed by atoms with Crippen molar-refractivity contribution in [2.45, 2.75) is 0 Å². The van der Waals surface area contributed by atoms with Crippen molar-refractivity contribution in [3.05, 3.63) is 57.2 Å². The lowest BCUT2D eigenvalue weighted by Crippen LogP contribution is -2.26. The molecule has 0 aromatic heterocycles. The van der Waals surface area contributed by atoms with Crippen LogP contribution in [0.4, 0.5) is 5.69 Å². The summed E-state index contributed by atoms with van der Waals surface area (Å²) in [5.74, 6) is 0.318. The second-order valence-corrected chi connectivity index (χ2v) is 6.29. The van der Waals surface area contributed by atoms with Gasteiger partial charge >= 0.3 is 0 Å². The number of anilines is 1. The first-order valence-electron chi connectivity index (χ1n) is 7.57. The third kappa shape index (κ3) is 5.43. The zero-order chi connectivity index (χ0) is 18.2. The van der Waals surface area contributed by atoms with E-state index in [4.69, 9.17) is 9.47 Å². The molecule has 2 rings (SSSR count). The van der Waals surface area contributed by atoms with Crippen molar-refractivity contribution in [3.63, 3.8) is 0 Å². The highest BCUT2D eigenvalue weighted by Gasteiger charge is 2.10. The largest absolute Gasteiger partial charge is 0.496 e. The molecule has 0 aliphatic heterocycles. The molecule has 6 nitrogen and oxygen atoms in total. The standard InChI is InChI=1S/C18H19IN2O4/c1-24-10-9-20-17(22)12-3-6-14(7-4-12)21-18(23)13-5-8-16(25-2)15(19)11-13/h3-8,11H,9-10H2,1-2H3,(H,20,22)(H,21,23). The van der Waals surface area contributed by atoms with E-state index in [0.717, 1.165) is 9.32 Å². The van der Waals surface area contributed by atoms with Crippen LogP contribution in [-0.2, 0) is 4.74 Å². The third-order valence-electron chi connectivity index (χ3n) is 3.41. The topological polar surface area (TPSA) is 76.7 Å². The average molecular weight is 454 g/mol. The highest BCUT2D eigenvalue weighted by molar-refractivity contribution is 14.1. The second kappa shape index (κ2) is 9.38. The predicted octanol–water partition coefficient (Wildman–Crippen LogP) is 2.93. The van der Waals surface area contributed by atoms with Crippen molar-refractivity contribution in [1.29, 1.82) is 0 Å². The van der Waals surface area contributed by atoms with E-state index < -0.39 is 0 Å². The summed E-state index contributed by atoms with van der Waals surface area (Å²) in [5.41, 5.74) is 1.67. The molecular formula is C18H19IN2O4. The van der Waals surface area contributed by atoms with Crippen LogP contribution in [0.25, 0.3) is 0 Å². The summed E-state index contributed by atoms with van der Waals surface area (Å²) in [6.45, 7) is 0.907. The molecule has 2 aromatic rings. The Morgan fingerprint density at radius 3 is 2.28 bits per heavy atom. The van der Waals surface area contributed by atoms with E-state index in [1.165, 1.54) is 0 Å². The van der Waals surface area contributed by atoms with Crippen molar-refractivity contribution in [3.8, 4) is 5.75 Å². The van der Waals surface area contributed by atoms with E-state index >= 15 is 0 Å². The Hall–Kier alpha value is -2.13. The van der Waals surface area contributed by atoms with Crippen LogP contribution in [0.5, 0.6) is 5.75 Å². The van der Waals surface area contributed by atoms with Gasteiger partial charge in [-0.25, -0.2) is 0 Å². The zero-order valence-electron chi connectivity index (χ0n) is 14.0. The number of hydrogen-bond acceptors (Lipinski definition) is 4. The van der Waals surface area contributed by atoms with Gasteiger partial charge in [0, 0.05) is 30.5 Å². The normalized spacial score (nSPS) is 10.2. The van der Waals surface area contributed by atoms with Crippen LogP contribution in [-0.4, -0.2) is 39.2 Å². The molecule has 25 heavy (non-hydrogen) atoms. The SMILES string of the molecule is COCCNC(=O)c1ccc(NC(=O)c2ccc(OC)c(I)c2)cc1. The van der Waals surface area contributed by atoms with E-state index in [1.807, 2.05) is 0 Å². The smallest absolute Gasteiger partial charge is 0.255 e. The van der Waals surface area contributed by atoms with Crippen molar-refractivity contribution >= 4 is 40.1 Å². The number of halogens is 1. The monoisotopic (exact) mass is 454 g/mol. The molecule has 0 fully saturated rings. The molecule has 0 saturated carbocycles. The summed E-state index contributed by atoms with van der Waals surface area (Å²) >= 11 is 2.12. The number of nitrogens with one attached hydrogen (secondary N) is 2. The maximum Gasteiger partial charge on any atom is 0.255 e. The molecule has 2 amide bonds. The average Bonchev–Trinajstić information content (AvgIpc) is 2.62. The molecule has 0 heterocycles. The minimum atomic E-state index is -0.224. The molecule has 0 bridgehead atoms. The predicted molar refractivity (Wildman–Crippen MR) is 104 cm³/mol. The van der Waals surface area contributed by atoms with Crippen molar-refractivity contribution in [2.24, 2.45) is 0 Å².